The molecule has 0 aliphatic heterocycles. The second kappa shape index (κ2) is 13.2. The zero-order chi connectivity index (χ0) is 24.2. The lowest BCUT2D eigenvalue weighted by molar-refractivity contribution is 0.0499. The molecule has 0 aliphatic rings. The van der Waals surface area contributed by atoms with Crippen molar-refractivity contribution in [3.63, 3.8) is 0 Å². The lowest BCUT2D eigenvalue weighted by atomic mass is 10.1. The van der Waals surface area contributed by atoms with Crippen LogP contribution < -0.4 is 10.1 Å². The summed E-state index contributed by atoms with van der Waals surface area (Å²) in [5.74, 6) is 0.0710. The molecule has 3 aromatic rings. The predicted octanol–water partition coefficient (Wildman–Crippen LogP) is 6.01. The molecule has 0 heterocycles. The van der Waals surface area contributed by atoms with Crippen molar-refractivity contribution in [2.24, 2.45) is 0 Å². The zero-order valence-corrected chi connectivity index (χ0v) is 19.7. The van der Waals surface area contributed by atoms with Crippen molar-refractivity contribution in [1.29, 1.82) is 0 Å². The van der Waals surface area contributed by atoms with E-state index in [0.29, 0.717) is 49.0 Å². The highest BCUT2D eigenvalue weighted by molar-refractivity contribution is 6.04. The molecule has 0 aliphatic carbocycles. The van der Waals surface area contributed by atoms with Crippen molar-refractivity contribution in [1.82, 2.24) is 0 Å². The minimum atomic E-state index is -0.363. The van der Waals surface area contributed by atoms with Gasteiger partial charge in [-0.15, -0.1) is 0 Å². The standard InChI is InChI=1S/C28H31NO5/c1-3-5-17-34-28(31)22-11-14-25(15-12-22)29-27(30)23-13-16-26(33-4-2)24(18-23)20-32-19-21-9-7-6-8-10-21/h6-16,18H,3-5,17,19-20H2,1-2H3,(H,29,30). The normalized spacial score (nSPS) is 10.5. The third kappa shape index (κ3) is 7.46. The van der Waals surface area contributed by atoms with Gasteiger partial charge in [0.25, 0.3) is 5.91 Å². The molecule has 0 saturated carbocycles. The van der Waals surface area contributed by atoms with E-state index in [1.54, 1.807) is 42.5 Å². The van der Waals surface area contributed by atoms with Crippen molar-refractivity contribution in [3.8, 4) is 5.75 Å². The van der Waals surface area contributed by atoms with Gasteiger partial charge in [0.05, 0.1) is 32.0 Å². The maximum Gasteiger partial charge on any atom is 0.338 e. The Bertz CT molecular complexity index is 1060. The first-order valence-electron chi connectivity index (χ1n) is 11.6. The fraction of sp³-hybridized carbons (Fsp3) is 0.286. The maximum atomic E-state index is 12.8. The number of esters is 1. The molecule has 0 spiro atoms. The largest absolute Gasteiger partial charge is 0.494 e. The molecule has 0 fully saturated rings. The average Bonchev–Trinajstić information content (AvgIpc) is 2.86. The van der Waals surface area contributed by atoms with Crippen LogP contribution in [0.1, 0.15) is 58.5 Å². The number of ether oxygens (including phenoxy) is 3. The first-order chi connectivity index (χ1) is 16.6. The van der Waals surface area contributed by atoms with Gasteiger partial charge in [0.1, 0.15) is 5.75 Å². The molecule has 0 atom stereocenters. The van der Waals surface area contributed by atoms with E-state index in [4.69, 9.17) is 14.2 Å². The number of carbonyl (C=O) groups excluding carboxylic acids is 2. The van der Waals surface area contributed by atoms with Crippen LogP contribution in [0.2, 0.25) is 0 Å². The summed E-state index contributed by atoms with van der Waals surface area (Å²) in [5.41, 5.74) is 3.41. The molecule has 0 aromatic heterocycles. The fourth-order valence-electron chi connectivity index (χ4n) is 3.27. The van der Waals surface area contributed by atoms with Crippen LogP contribution in [0.4, 0.5) is 5.69 Å². The minimum absolute atomic E-state index is 0.259. The van der Waals surface area contributed by atoms with Crippen LogP contribution in [0.15, 0.2) is 72.8 Å². The molecular formula is C28H31NO5. The Morgan fingerprint density at radius 1 is 0.853 bits per heavy atom. The third-order valence-electron chi connectivity index (χ3n) is 5.10. The van der Waals surface area contributed by atoms with Gasteiger partial charge >= 0.3 is 5.97 Å². The summed E-state index contributed by atoms with van der Waals surface area (Å²) in [4.78, 5) is 24.9. The monoisotopic (exact) mass is 461 g/mol. The lowest BCUT2D eigenvalue weighted by Gasteiger charge is -2.13. The quantitative estimate of drug-likeness (QED) is 0.264. The van der Waals surface area contributed by atoms with E-state index in [2.05, 4.69) is 5.32 Å². The minimum Gasteiger partial charge on any atom is -0.494 e. The summed E-state index contributed by atoms with van der Waals surface area (Å²) in [5, 5.41) is 2.86. The van der Waals surface area contributed by atoms with Gasteiger partial charge < -0.3 is 19.5 Å². The number of unbranched alkanes of at least 4 members (excludes halogenated alkanes) is 1. The molecule has 3 rings (SSSR count). The summed E-state index contributed by atoms with van der Waals surface area (Å²) in [7, 11) is 0. The van der Waals surface area contributed by atoms with E-state index >= 15 is 0 Å². The molecule has 0 unspecified atom stereocenters. The summed E-state index contributed by atoms with van der Waals surface area (Å²) in [6, 6.07) is 21.9. The summed E-state index contributed by atoms with van der Waals surface area (Å²) in [6.07, 6.45) is 1.80. The molecule has 1 N–H and O–H groups in total. The van der Waals surface area contributed by atoms with Crippen LogP contribution in [0.5, 0.6) is 5.75 Å². The van der Waals surface area contributed by atoms with Crippen molar-refractivity contribution >= 4 is 17.6 Å². The number of rotatable bonds is 12. The van der Waals surface area contributed by atoms with Gasteiger partial charge in [0.2, 0.25) is 0 Å². The molecule has 34 heavy (non-hydrogen) atoms. The molecule has 6 nitrogen and oxygen atoms in total. The van der Waals surface area contributed by atoms with E-state index in [1.807, 2.05) is 44.2 Å². The lowest BCUT2D eigenvalue weighted by Crippen LogP contribution is -2.13. The average molecular weight is 462 g/mol. The first kappa shape index (κ1) is 25.0. The molecule has 0 radical (unpaired) electrons. The highest BCUT2D eigenvalue weighted by Gasteiger charge is 2.13. The number of hydrogen-bond donors (Lipinski definition) is 1. The van der Waals surface area contributed by atoms with Gasteiger partial charge in [-0.05, 0) is 61.4 Å². The number of anilines is 1. The second-order valence-electron chi connectivity index (χ2n) is 7.75. The summed E-state index contributed by atoms with van der Waals surface area (Å²) in [6.45, 7) is 5.67. The number of carbonyl (C=O) groups is 2. The van der Waals surface area contributed by atoms with Gasteiger partial charge in [0, 0.05) is 16.8 Å². The smallest absolute Gasteiger partial charge is 0.338 e. The topological polar surface area (TPSA) is 73.9 Å². The molecule has 0 bridgehead atoms. The molecule has 1 amide bonds. The zero-order valence-electron chi connectivity index (χ0n) is 19.7. The Balaban J connectivity index is 1.63. The van der Waals surface area contributed by atoms with E-state index in [9.17, 15) is 9.59 Å². The molecular weight excluding hydrogens is 430 g/mol. The summed E-state index contributed by atoms with van der Waals surface area (Å²) >= 11 is 0. The Kier molecular flexibility index (Phi) is 9.67. The van der Waals surface area contributed by atoms with Crippen LogP contribution in [0.25, 0.3) is 0 Å². The van der Waals surface area contributed by atoms with Gasteiger partial charge in [-0.2, -0.15) is 0 Å². The number of hydrogen-bond acceptors (Lipinski definition) is 5. The Morgan fingerprint density at radius 2 is 1.59 bits per heavy atom. The fourth-order valence-corrected chi connectivity index (χ4v) is 3.27. The molecule has 178 valence electrons. The number of benzene rings is 3. The third-order valence-corrected chi connectivity index (χ3v) is 5.10. The van der Waals surface area contributed by atoms with E-state index in [0.717, 1.165) is 24.0 Å². The van der Waals surface area contributed by atoms with Crippen molar-refractivity contribution in [2.45, 2.75) is 39.9 Å². The van der Waals surface area contributed by atoms with Crippen LogP contribution >= 0.6 is 0 Å². The SMILES string of the molecule is CCCCOC(=O)c1ccc(NC(=O)c2ccc(OCC)c(COCc3ccccc3)c2)cc1. The van der Waals surface area contributed by atoms with Gasteiger partial charge in [-0.3, -0.25) is 4.79 Å². The second-order valence-corrected chi connectivity index (χ2v) is 7.75. The van der Waals surface area contributed by atoms with Crippen LogP contribution in [0, 0.1) is 0 Å². The number of amides is 1. The molecule has 3 aromatic carbocycles. The highest BCUT2D eigenvalue weighted by atomic mass is 16.5. The predicted molar refractivity (Wildman–Crippen MR) is 132 cm³/mol. The highest BCUT2D eigenvalue weighted by Crippen LogP contribution is 2.23. The van der Waals surface area contributed by atoms with E-state index in [-0.39, 0.29) is 11.9 Å². The van der Waals surface area contributed by atoms with Crippen molar-refractivity contribution in [3.05, 3.63) is 95.1 Å². The van der Waals surface area contributed by atoms with E-state index < -0.39 is 0 Å². The van der Waals surface area contributed by atoms with Crippen LogP contribution in [-0.2, 0) is 22.7 Å². The Hall–Kier alpha value is -3.64. The summed E-state index contributed by atoms with van der Waals surface area (Å²) < 4.78 is 16.8. The van der Waals surface area contributed by atoms with Crippen LogP contribution in [0.3, 0.4) is 0 Å². The Labute approximate surface area is 200 Å². The van der Waals surface area contributed by atoms with Gasteiger partial charge in [-0.25, -0.2) is 4.79 Å². The number of nitrogens with one attached hydrogen (secondary N) is 1. The molecule has 6 heteroatoms. The first-order valence-corrected chi connectivity index (χ1v) is 11.6. The van der Waals surface area contributed by atoms with Crippen molar-refractivity contribution in [2.75, 3.05) is 18.5 Å². The molecule has 0 saturated heterocycles. The van der Waals surface area contributed by atoms with E-state index in [1.165, 1.54) is 0 Å². The van der Waals surface area contributed by atoms with Gasteiger partial charge in [-0.1, -0.05) is 43.7 Å². The van der Waals surface area contributed by atoms with Crippen LogP contribution in [-0.4, -0.2) is 25.1 Å². The maximum absolute atomic E-state index is 12.8. The Morgan fingerprint density at radius 3 is 2.29 bits per heavy atom. The van der Waals surface area contributed by atoms with Gasteiger partial charge in [0.15, 0.2) is 0 Å². The van der Waals surface area contributed by atoms with Crippen molar-refractivity contribution < 1.29 is 23.8 Å².